The minimum atomic E-state index is -4.18. The minimum Gasteiger partial charge on any atom is -0.383 e. The maximum absolute atomic E-state index is 13.9. The highest BCUT2D eigenvalue weighted by Gasteiger charge is 2.32. The number of anilines is 2. The summed E-state index contributed by atoms with van der Waals surface area (Å²) in [6, 6.07) is 8.34. The zero-order valence-corrected chi connectivity index (χ0v) is 26.8. The van der Waals surface area contributed by atoms with Gasteiger partial charge in [-0.3, -0.25) is 14.8 Å². The van der Waals surface area contributed by atoms with E-state index >= 15 is 0 Å². The van der Waals surface area contributed by atoms with Crippen molar-refractivity contribution in [3.05, 3.63) is 70.5 Å². The highest BCUT2D eigenvalue weighted by atomic mass is 32.2. The number of aromatic amines is 1. The summed E-state index contributed by atoms with van der Waals surface area (Å²) >= 11 is 0. The Morgan fingerprint density at radius 3 is 2.52 bits per heavy atom. The average molecular weight is 659 g/mol. The van der Waals surface area contributed by atoms with Crippen LogP contribution in [0.3, 0.4) is 0 Å². The van der Waals surface area contributed by atoms with Crippen LogP contribution in [0, 0.1) is 11.6 Å². The number of sulfonamides is 1. The number of fused-ring (bicyclic) bond motifs is 1. The van der Waals surface area contributed by atoms with E-state index in [1.54, 1.807) is 7.11 Å². The van der Waals surface area contributed by atoms with Crippen molar-refractivity contribution in [1.82, 2.24) is 19.4 Å². The van der Waals surface area contributed by atoms with E-state index in [2.05, 4.69) is 31.4 Å². The number of halogens is 2. The summed E-state index contributed by atoms with van der Waals surface area (Å²) in [5.41, 5.74) is 4.17. The van der Waals surface area contributed by atoms with Crippen molar-refractivity contribution in [3.8, 4) is 0 Å². The maximum atomic E-state index is 13.9. The fourth-order valence-corrected chi connectivity index (χ4v) is 7.81. The molecule has 14 heteroatoms. The molecule has 2 aromatic carbocycles. The molecule has 3 aliphatic rings. The summed E-state index contributed by atoms with van der Waals surface area (Å²) in [4.78, 5) is 18.2. The fraction of sp³-hybridized carbons (Fsp3) is 0.500. The van der Waals surface area contributed by atoms with Crippen LogP contribution in [0.15, 0.2) is 41.3 Å². The highest BCUT2D eigenvalue weighted by molar-refractivity contribution is 7.89. The Balaban J connectivity index is 1.21. The maximum Gasteiger partial charge on any atom is 0.243 e. The lowest BCUT2D eigenvalue weighted by molar-refractivity contribution is 0.0904. The van der Waals surface area contributed by atoms with Crippen LogP contribution in [-0.2, 0) is 38.9 Å². The number of ketones is 1. The van der Waals surface area contributed by atoms with Crippen LogP contribution in [0.1, 0.15) is 40.2 Å². The molecule has 0 bridgehead atoms. The van der Waals surface area contributed by atoms with Gasteiger partial charge in [-0.1, -0.05) is 0 Å². The second-order valence-electron chi connectivity index (χ2n) is 12.0. The molecular weight excluding hydrogens is 618 g/mol. The Morgan fingerprint density at radius 2 is 1.80 bits per heavy atom. The first-order valence-corrected chi connectivity index (χ1v) is 17.1. The van der Waals surface area contributed by atoms with Gasteiger partial charge in [-0.2, -0.15) is 9.40 Å². The lowest BCUT2D eigenvalue weighted by Crippen LogP contribution is -2.47. The van der Waals surface area contributed by atoms with Gasteiger partial charge in [0.2, 0.25) is 10.0 Å². The van der Waals surface area contributed by atoms with E-state index in [0.717, 1.165) is 74.8 Å². The molecule has 4 heterocycles. The number of Topliss-reactive ketones (excluding diaryl/α,β-unsaturated/α-hetero) is 1. The van der Waals surface area contributed by atoms with Crippen LogP contribution in [-0.4, -0.2) is 106 Å². The molecule has 0 aliphatic carbocycles. The van der Waals surface area contributed by atoms with Crippen LogP contribution in [0.5, 0.6) is 0 Å². The zero-order valence-electron chi connectivity index (χ0n) is 25.9. The van der Waals surface area contributed by atoms with Gasteiger partial charge in [-0.25, -0.2) is 17.2 Å². The predicted molar refractivity (Wildman–Crippen MR) is 169 cm³/mol. The molecule has 0 radical (unpaired) electrons. The normalized spacial score (nSPS) is 18.5. The summed E-state index contributed by atoms with van der Waals surface area (Å²) in [6.45, 7) is 6.58. The van der Waals surface area contributed by atoms with Crippen LogP contribution >= 0.6 is 0 Å². The van der Waals surface area contributed by atoms with Crippen LogP contribution in [0.25, 0.3) is 0 Å². The monoisotopic (exact) mass is 658 g/mol. The van der Waals surface area contributed by atoms with Crippen molar-refractivity contribution >= 4 is 27.2 Å². The van der Waals surface area contributed by atoms with Crippen molar-refractivity contribution in [2.24, 2.45) is 0 Å². The molecule has 248 valence electrons. The largest absolute Gasteiger partial charge is 0.383 e. The fourth-order valence-electron chi connectivity index (χ4n) is 6.36. The lowest BCUT2D eigenvalue weighted by atomic mass is 9.98. The number of rotatable bonds is 11. The number of methoxy groups -OCH3 is 1. The van der Waals surface area contributed by atoms with E-state index in [-0.39, 0.29) is 31.3 Å². The van der Waals surface area contributed by atoms with E-state index in [9.17, 15) is 22.0 Å². The number of aromatic nitrogens is 2. The van der Waals surface area contributed by atoms with E-state index in [4.69, 9.17) is 9.47 Å². The Labute approximate surface area is 267 Å². The third kappa shape index (κ3) is 7.26. The summed E-state index contributed by atoms with van der Waals surface area (Å²) in [7, 11) is -2.47. The van der Waals surface area contributed by atoms with Crippen molar-refractivity contribution < 1.29 is 31.5 Å². The molecule has 0 unspecified atom stereocenters. The molecule has 2 N–H and O–H groups in total. The Hall–Kier alpha value is -3.43. The van der Waals surface area contributed by atoms with Gasteiger partial charge < -0.3 is 19.7 Å². The number of benzene rings is 2. The standard InChI is InChI=1S/C32H40F2N6O5S/c1-44-15-12-38-8-10-39(11-9-38)25-2-3-27(30(19-25)35-24-5-13-45-14-6-24)32(41)20-31-28-21-40(7-4-29(28)36-37-31)46(42,43)26-17-22(33)16-23(34)18-26/h2-3,16-19,24,35H,4-15,20-21H2,1H3,(H,36,37). The molecule has 1 aromatic heterocycles. The molecule has 0 atom stereocenters. The SMILES string of the molecule is COCCN1CCN(c2ccc(C(=O)Cc3n[nH]c4c3CN(S(=O)(=O)c3cc(F)cc(F)c3)CC4)c(NC3CCOCC3)c2)CC1. The lowest BCUT2D eigenvalue weighted by Gasteiger charge is -2.36. The van der Waals surface area contributed by atoms with E-state index in [0.29, 0.717) is 49.1 Å². The number of H-pyrrole nitrogens is 1. The molecule has 0 amide bonds. The van der Waals surface area contributed by atoms with Crippen molar-refractivity contribution in [3.63, 3.8) is 0 Å². The summed E-state index contributed by atoms with van der Waals surface area (Å²) in [5, 5.41) is 11.0. The number of carbonyl (C=O) groups excluding carboxylic acids is 1. The first-order chi connectivity index (χ1) is 22.2. The third-order valence-electron chi connectivity index (χ3n) is 9.02. The van der Waals surface area contributed by atoms with Crippen LogP contribution < -0.4 is 10.2 Å². The molecule has 0 saturated carbocycles. The van der Waals surface area contributed by atoms with Crippen LogP contribution in [0.4, 0.5) is 20.2 Å². The molecular formula is C32H40F2N6O5S. The summed E-state index contributed by atoms with van der Waals surface area (Å²) < 4.78 is 66.3. The first-order valence-electron chi connectivity index (χ1n) is 15.7. The zero-order chi connectivity index (χ0) is 32.3. The van der Waals surface area contributed by atoms with Gasteiger partial charge in [-0.15, -0.1) is 0 Å². The predicted octanol–water partition coefficient (Wildman–Crippen LogP) is 3.22. The Kier molecular flexibility index (Phi) is 9.99. The second kappa shape index (κ2) is 14.1. The van der Waals surface area contributed by atoms with Gasteiger partial charge in [0.25, 0.3) is 0 Å². The topological polar surface area (TPSA) is 120 Å². The molecule has 6 rings (SSSR count). The molecule has 3 aliphatic heterocycles. The first kappa shape index (κ1) is 32.5. The van der Waals surface area contributed by atoms with Gasteiger partial charge in [0.05, 0.1) is 23.6 Å². The number of piperazine rings is 1. The average Bonchev–Trinajstić information content (AvgIpc) is 3.45. The number of nitrogens with zero attached hydrogens (tertiary/aromatic N) is 4. The summed E-state index contributed by atoms with van der Waals surface area (Å²) in [6.07, 6.45) is 1.97. The third-order valence-corrected chi connectivity index (χ3v) is 10.8. The van der Waals surface area contributed by atoms with Gasteiger partial charge in [0, 0.05) is 113 Å². The quantitative estimate of drug-likeness (QED) is 0.300. The number of hydrogen-bond donors (Lipinski definition) is 2. The van der Waals surface area contributed by atoms with Crippen molar-refractivity contribution in [1.29, 1.82) is 0 Å². The van der Waals surface area contributed by atoms with E-state index in [1.165, 1.54) is 4.31 Å². The minimum absolute atomic E-state index is 0.0334. The molecule has 2 saturated heterocycles. The highest BCUT2D eigenvalue weighted by Crippen LogP contribution is 2.31. The Bertz CT molecular complexity index is 1630. The van der Waals surface area contributed by atoms with Crippen molar-refractivity contribution in [2.75, 3.05) is 76.4 Å². The smallest absolute Gasteiger partial charge is 0.243 e. The molecule has 11 nitrogen and oxygen atoms in total. The van der Waals surface area contributed by atoms with Gasteiger partial charge in [0.1, 0.15) is 11.6 Å². The van der Waals surface area contributed by atoms with E-state index < -0.39 is 26.6 Å². The van der Waals surface area contributed by atoms with Gasteiger partial charge in [-0.05, 0) is 43.2 Å². The van der Waals surface area contributed by atoms with Gasteiger partial charge >= 0.3 is 0 Å². The second-order valence-corrected chi connectivity index (χ2v) is 13.9. The number of ether oxygens (including phenoxy) is 2. The number of carbonyl (C=O) groups is 1. The number of nitrogens with one attached hydrogen (secondary N) is 2. The van der Waals surface area contributed by atoms with Crippen LogP contribution in [0.2, 0.25) is 0 Å². The summed E-state index contributed by atoms with van der Waals surface area (Å²) in [5.74, 6) is -2.08. The van der Waals surface area contributed by atoms with Crippen molar-refractivity contribution in [2.45, 2.75) is 43.2 Å². The molecule has 46 heavy (non-hydrogen) atoms. The van der Waals surface area contributed by atoms with E-state index in [1.807, 2.05) is 12.1 Å². The molecule has 3 aromatic rings. The molecule has 2 fully saturated rings. The van der Waals surface area contributed by atoms with Gasteiger partial charge in [0.15, 0.2) is 5.78 Å². The Morgan fingerprint density at radius 1 is 1.07 bits per heavy atom. The number of hydrogen-bond acceptors (Lipinski definition) is 9. The molecule has 0 spiro atoms.